The highest BCUT2D eigenvalue weighted by atomic mass is 35.5. The highest BCUT2D eigenvalue weighted by Crippen LogP contribution is 2.36. The van der Waals surface area contributed by atoms with E-state index in [1.807, 2.05) is 30.3 Å². The van der Waals surface area contributed by atoms with Gasteiger partial charge in [0.05, 0.1) is 10.6 Å². The van der Waals surface area contributed by atoms with Crippen molar-refractivity contribution in [2.75, 3.05) is 5.32 Å². The zero-order valence-corrected chi connectivity index (χ0v) is 16.9. The van der Waals surface area contributed by atoms with E-state index >= 15 is 0 Å². The zero-order chi connectivity index (χ0) is 21.0. The first-order chi connectivity index (χ1) is 13.8. The lowest BCUT2D eigenvalue weighted by molar-refractivity contribution is -0.137. The summed E-state index contributed by atoms with van der Waals surface area (Å²) in [5, 5.41) is 5.66. The van der Waals surface area contributed by atoms with Gasteiger partial charge in [-0.1, -0.05) is 61.7 Å². The molecular formula is C22H24ClF3N2O. The molecule has 0 aromatic heterocycles. The van der Waals surface area contributed by atoms with Gasteiger partial charge in [0.1, 0.15) is 6.04 Å². The van der Waals surface area contributed by atoms with Crippen LogP contribution in [0.3, 0.4) is 0 Å². The van der Waals surface area contributed by atoms with Crippen molar-refractivity contribution in [1.82, 2.24) is 5.32 Å². The van der Waals surface area contributed by atoms with Crippen LogP contribution in [0.4, 0.5) is 18.9 Å². The first kappa shape index (κ1) is 21.7. The average molecular weight is 425 g/mol. The number of nitrogens with one attached hydrogen (secondary N) is 2. The molecule has 1 saturated carbocycles. The highest BCUT2D eigenvalue weighted by molar-refractivity contribution is 6.31. The van der Waals surface area contributed by atoms with Crippen molar-refractivity contribution in [3.63, 3.8) is 0 Å². The lowest BCUT2D eigenvalue weighted by Gasteiger charge is -2.33. The molecule has 3 atom stereocenters. The van der Waals surface area contributed by atoms with E-state index in [0.717, 1.165) is 37.0 Å². The van der Waals surface area contributed by atoms with Crippen LogP contribution in [0.5, 0.6) is 0 Å². The van der Waals surface area contributed by atoms with E-state index in [9.17, 15) is 18.0 Å². The number of amides is 1. The summed E-state index contributed by atoms with van der Waals surface area (Å²) in [5.74, 6) is 0.0274. The first-order valence-electron chi connectivity index (χ1n) is 9.74. The van der Waals surface area contributed by atoms with Crippen LogP contribution in [-0.4, -0.2) is 11.9 Å². The number of rotatable bonds is 5. The number of alkyl halides is 3. The summed E-state index contributed by atoms with van der Waals surface area (Å²) in [6.45, 7) is 2.16. The molecule has 1 fully saturated rings. The van der Waals surface area contributed by atoms with Crippen LogP contribution in [0, 0.1) is 5.92 Å². The lowest BCUT2D eigenvalue weighted by atomic mass is 9.85. The van der Waals surface area contributed by atoms with Crippen LogP contribution in [0.1, 0.15) is 49.8 Å². The topological polar surface area (TPSA) is 41.1 Å². The summed E-state index contributed by atoms with van der Waals surface area (Å²) in [4.78, 5) is 13.1. The number of benzene rings is 2. The van der Waals surface area contributed by atoms with E-state index in [4.69, 9.17) is 11.6 Å². The van der Waals surface area contributed by atoms with Crippen molar-refractivity contribution in [1.29, 1.82) is 0 Å². The van der Waals surface area contributed by atoms with Crippen molar-refractivity contribution in [2.45, 2.75) is 50.9 Å². The number of anilines is 1. The average Bonchev–Trinajstić information content (AvgIpc) is 2.68. The van der Waals surface area contributed by atoms with E-state index in [1.165, 1.54) is 12.5 Å². The maximum atomic E-state index is 13.1. The van der Waals surface area contributed by atoms with E-state index in [0.29, 0.717) is 5.92 Å². The van der Waals surface area contributed by atoms with Gasteiger partial charge in [-0.25, -0.2) is 0 Å². The van der Waals surface area contributed by atoms with Crippen molar-refractivity contribution in [2.24, 2.45) is 5.92 Å². The molecule has 2 aromatic rings. The van der Waals surface area contributed by atoms with E-state index in [2.05, 4.69) is 17.6 Å². The molecule has 0 saturated heterocycles. The van der Waals surface area contributed by atoms with Crippen molar-refractivity contribution in [3.8, 4) is 0 Å². The first-order valence-corrected chi connectivity index (χ1v) is 10.1. The Kier molecular flexibility index (Phi) is 6.85. The summed E-state index contributed by atoms with van der Waals surface area (Å²) in [5.41, 5.74) is -0.138. The van der Waals surface area contributed by atoms with Crippen LogP contribution in [0.15, 0.2) is 48.5 Å². The van der Waals surface area contributed by atoms with Gasteiger partial charge in [-0.3, -0.25) is 10.1 Å². The maximum absolute atomic E-state index is 13.1. The molecule has 0 aliphatic heterocycles. The van der Waals surface area contributed by atoms with Crippen molar-refractivity contribution >= 4 is 23.2 Å². The molecule has 1 aliphatic carbocycles. The Labute approximate surface area is 173 Å². The standard InChI is InChI=1S/C22H24ClF3N2O/c1-14-7-5-6-10-19(14)28-20(15-8-3-2-4-9-15)21(29)27-16-11-12-18(23)17(13-16)22(24,25)26/h2-4,8-9,11-14,19-20,28H,5-7,10H2,1H3,(H,27,29)/t14-,19-,20+/m1/s1. The highest BCUT2D eigenvalue weighted by Gasteiger charge is 2.34. The monoisotopic (exact) mass is 424 g/mol. The summed E-state index contributed by atoms with van der Waals surface area (Å²) in [7, 11) is 0. The minimum absolute atomic E-state index is 0.0612. The number of hydrogen-bond donors (Lipinski definition) is 2. The third kappa shape index (κ3) is 5.52. The van der Waals surface area contributed by atoms with Gasteiger partial charge in [0.15, 0.2) is 0 Å². The summed E-state index contributed by atoms with van der Waals surface area (Å²) in [6, 6.07) is 12.1. The number of hydrogen-bond acceptors (Lipinski definition) is 2. The van der Waals surface area contributed by atoms with Crippen LogP contribution in [0.25, 0.3) is 0 Å². The zero-order valence-electron chi connectivity index (χ0n) is 16.1. The molecule has 3 nitrogen and oxygen atoms in total. The van der Waals surface area contributed by atoms with E-state index < -0.39 is 28.7 Å². The molecule has 0 unspecified atom stereocenters. The predicted octanol–water partition coefficient (Wildman–Crippen LogP) is 6.21. The van der Waals surface area contributed by atoms with Gasteiger partial charge in [-0.05, 0) is 42.5 Å². The Morgan fingerprint density at radius 3 is 2.45 bits per heavy atom. The van der Waals surface area contributed by atoms with Crippen LogP contribution in [0.2, 0.25) is 5.02 Å². The second-order valence-electron chi connectivity index (χ2n) is 7.56. The maximum Gasteiger partial charge on any atom is 0.417 e. The lowest BCUT2D eigenvalue weighted by Crippen LogP contribution is -2.44. The molecule has 0 heterocycles. The smallest absolute Gasteiger partial charge is 0.324 e. The fourth-order valence-electron chi connectivity index (χ4n) is 3.78. The van der Waals surface area contributed by atoms with Gasteiger partial charge >= 0.3 is 6.18 Å². The second-order valence-corrected chi connectivity index (χ2v) is 7.97. The molecule has 1 amide bonds. The Morgan fingerprint density at radius 1 is 1.10 bits per heavy atom. The molecule has 156 valence electrons. The molecule has 2 aromatic carbocycles. The molecule has 0 bridgehead atoms. The molecule has 0 radical (unpaired) electrons. The molecule has 1 aliphatic rings. The van der Waals surface area contributed by atoms with Crippen LogP contribution in [-0.2, 0) is 11.0 Å². The summed E-state index contributed by atoms with van der Waals surface area (Å²) >= 11 is 5.68. The van der Waals surface area contributed by atoms with Crippen molar-refractivity contribution < 1.29 is 18.0 Å². The Bertz CT molecular complexity index is 842. The molecular weight excluding hydrogens is 401 g/mol. The Morgan fingerprint density at radius 2 is 1.79 bits per heavy atom. The minimum atomic E-state index is -4.59. The SMILES string of the molecule is C[C@@H]1CCCC[C@H]1N[C@H](C(=O)Nc1ccc(Cl)c(C(F)(F)F)c1)c1ccccc1. The number of carbonyl (C=O) groups is 1. The Hall–Kier alpha value is -2.05. The summed E-state index contributed by atoms with van der Waals surface area (Å²) in [6.07, 6.45) is -0.264. The van der Waals surface area contributed by atoms with Gasteiger partial charge < -0.3 is 5.32 Å². The molecule has 2 N–H and O–H groups in total. The molecule has 7 heteroatoms. The van der Waals surface area contributed by atoms with E-state index in [-0.39, 0.29) is 11.7 Å². The molecule has 3 rings (SSSR count). The van der Waals surface area contributed by atoms with Crippen molar-refractivity contribution in [3.05, 3.63) is 64.7 Å². The van der Waals surface area contributed by atoms with E-state index in [1.54, 1.807) is 0 Å². The largest absolute Gasteiger partial charge is 0.417 e. The van der Waals surface area contributed by atoms with Gasteiger partial charge in [0.2, 0.25) is 5.91 Å². The normalized spacial score (nSPS) is 20.9. The second kappa shape index (κ2) is 9.18. The third-order valence-electron chi connectivity index (χ3n) is 5.43. The summed E-state index contributed by atoms with van der Waals surface area (Å²) < 4.78 is 39.4. The molecule has 0 spiro atoms. The number of halogens is 4. The minimum Gasteiger partial charge on any atom is -0.324 e. The fraction of sp³-hybridized carbons (Fsp3) is 0.409. The fourth-order valence-corrected chi connectivity index (χ4v) is 4.01. The van der Waals surface area contributed by atoms with Crippen LogP contribution >= 0.6 is 11.6 Å². The quantitative estimate of drug-likeness (QED) is 0.599. The Balaban J connectivity index is 1.83. The third-order valence-corrected chi connectivity index (χ3v) is 5.76. The van der Waals surface area contributed by atoms with Gasteiger partial charge in [-0.2, -0.15) is 13.2 Å². The molecule has 29 heavy (non-hydrogen) atoms. The van der Waals surface area contributed by atoms with Gasteiger partial charge in [0.25, 0.3) is 0 Å². The van der Waals surface area contributed by atoms with Gasteiger partial charge in [-0.15, -0.1) is 0 Å². The number of carbonyl (C=O) groups excluding carboxylic acids is 1. The predicted molar refractivity (Wildman–Crippen MR) is 109 cm³/mol. The van der Waals surface area contributed by atoms with Crippen LogP contribution < -0.4 is 10.6 Å². The van der Waals surface area contributed by atoms with Gasteiger partial charge in [0, 0.05) is 11.7 Å².